The lowest BCUT2D eigenvalue weighted by atomic mass is 10.1. The number of thioether (sulfide) groups is 1. The van der Waals surface area contributed by atoms with Crippen molar-refractivity contribution in [2.24, 2.45) is 0 Å². The van der Waals surface area contributed by atoms with Crippen LogP contribution in [0.2, 0.25) is 0 Å². The highest BCUT2D eigenvalue weighted by atomic mass is 79.9. The first-order chi connectivity index (χ1) is 15.2. The molecule has 2 aromatic rings. The average Bonchev–Trinajstić information content (AvgIpc) is 2.77. The van der Waals surface area contributed by atoms with Crippen molar-refractivity contribution in [3.63, 3.8) is 0 Å². The molecule has 0 aliphatic rings. The summed E-state index contributed by atoms with van der Waals surface area (Å²) in [6, 6.07) is 13.4. The maximum Gasteiger partial charge on any atom is 0.269 e. The molecule has 0 radical (unpaired) electrons. The fourth-order valence-corrected chi connectivity index (χ4v) is 4.25. The molecule has 0 saturated carbocycles. The fraction of sp³-hybridized carbons (Fsp3) is 0.391. The van der Waals surface area contributed by atoms with E-state index in [0.29, 0.717) is 12.3 Å². The highest BCUT2D eigenvalue weighted by molar-refractivity contribution is 9.10. The van der Waals surface area contributed by atoms with Gasteiger partial charge in [-0.1, -0.05) is 47.1 Å². The van der Waals surface area contributed by atoms with E-state index < -0.39 is 11.0 Å². The highest BCUT2D eigenvalue weighted by Gasteiger charge is 2.26. The third-order valence-electron chi connectivity index (χ3n) is 5.05. The summed E-state index contributed by atoms with van der Waals surface area (Å²) in [5.74, 6) is 0.431. The third kappa shape index (κ3) is 7.94. The van der Waals surface area contributed by atoms with E-state index in [9.17, 15) is 19.7 Å². The molecular formula is C23H28BrN3O4S. The molecule has 0 heterocycles. The van der Waals surface area contributed by atoms with E-state index in [1.807, 2.05) is 38.1 Å². The van der Waals surface area contributed by atoms with Crippen molar-refractivity contribution in [2.45, 2.75) is 51.6 Å². The van der Waals surface area contributed by atoms with Crippen LogP contribution < -0.4 is 5.32 Å². The smallest absolute Gasteiger partial charge is 0.269 e. The molecule has 0 aliphatic heterocycles. The van der Waals surface area contributed by atoms with Gasteiger partial charge in [-0.15, -0.1) is 11.8 Å². The summed E-state index contributed by atoms with van der Waals surface area (Å²) in [5, 5.41) is 13.7. The van der Waals surface area contributed by atoms with Crippen molar-refractivity contribution in [3.8, 4) is 0 Å². The molecule has 172 valence electrons. The van der Waals surface area contributed by atoms with Crippen LogP contribution in [0.3, 0.4) is 0 Å². The molecule has 32 heavy (non-hydrogen) atoms. The van der Waals surface area contributed by atoms with Crippen LogP contribution in [-0.2, 0) is 21.9 Å². The van der Waals surface area contributed by atoms with Gasteiger partial charge < -0.3 is 10.2 Å². The van der Waals surface area contributed by atoms with Gasteiger partial charge in [-0.2, -0.15) is 0 Å². The normalized spacial score (nSPS) is 12.6. The lowest BCUT2D eigenvalue weighted by Crippen LogP contribution is -2.50. The van der Waals surface area contributed by atoms with E-state index >= 15 is 0 Å². The molecule has 2 atom stereocenters. The van der Waals surface area contributed by atoms with Crippen LogP contribution in [0.15, 0.2) is 53.0 Å². The van der Waals surface area contributed by atoms with Crippen LogP contribution in [0.4, 0.5) is 5.69 Å². The summed E-state index contributed by atoms with van der Waals surface area (Å²) in [6.07, 6.45) is 0.809. The first-order valence-corrected chi connectivity index (χ1v) is 12.3. The second kappa shape index (κ2) is 12.6. The van der Waals surface area contributed by atoms with Crippen molar-refractivity contribution >= 4 is 45.2 Å². The number of nitrogens with zero attached hydrogens (tertiary/aromatic N) is 2. The van der Waals surface area contributed by atoms with E-state index in [1.165, 1.54) is 23.9 Å². The van der Waals surface area contributed by atoms with E-state index in [-0.39, 0.29) is 29.3 Å². The molecule has 2 aromatic carbocycles. The lowest BCUT2D eigenvalue weighted by Gasteiger charge is -2.29. The maximum atomic E-state index is 13.1. The van der Waals surface area contributed by atoms with E-state index in [2.05, 4.69) is 21.2 Å². The van der Waals surface area contributed by atoms with E-state index in [1.54, 1.807) is 24.0 Å². The van der Waals surface area contributed by atoms with Gasteiger partial charge in [0.15, 0.2) is 0 Å². The Balaban J connectivity index is 2.06. The quantitative estimate of drug-likeness (QED) is 0.334. The second-order valence-corrected chi connectivity index (χ2v) is 9.46. The summed E-state index contributed by atoms with van der Waals surface area (Å²) in [5.41, 5.74) is 1.86. The van der Waals surface area contributed by atoms with Crippen molar-refractivity contribution in [1.82, 2.24) is 10.2 Å². The molecule has 0 fully saturated rings. The number of nitrogens with one attached hydrogen (secondary N) is 1. The Labute approximate surface area is 201 Å². The number of nitro groups is 1. The fourth-order valence-electron chi connectivity index (χ4n) is 2.93. The topological polar surface area (TPSA) is 92.6 Å². The number of rotatable bonds is 11. The molecule has 0 spiro atoms. The van der Waals surface area contributed by atoms with Crippen LogP contribution in [0.5, 0.6) is 0 Å². The second-order valence-electron chi connectivity index (χ2n) is 7.56. The van der Waals surface area contributed by atoms with Gasteiger partial charge in [0.2, 0.25) is 11.8 Å². The summed E-state index contributed by atoms with van der Waals surface area (Å²) in [6.45, 7) is 6.00. The summed E-state index contributed by atoms with van der Waals surface area (Å²) < 4.78 is 0.909. The van der Waals surface area contributed by atoms with Gasteiger partial charge in [0, 0.05) is 34.9 Å². The maximum absolute atomic E-state index is 13.1. The molecule has 9 heteroatoms. The van der Waals surface area contributed by atoms with Gasteiger partial charge in [-0.25, -0.2) is 0 Å². The standard InChI is InChI=1S/C23H28BrN3O4S/c1-4-16(2)25-23(29)17(3)26(13-19-6-5-7-20(24)12-19)22(28)15-32-14-18-8-10-21(11-9-18)27(30)31/h5-12,16-17H,4,13-15H2,1-3H3,(H,25,29). The van der Waals surface area contributed by atoms with Crippen molar-refractivity contribution < 1.29 is 14.5 Å². The Bertz CT molecular complexity index is 939. The zero-order valence-electron chi connectivity index (χ0n) is 18.4. The number of nitro benzene ring substituents is 1. The average molecular weight is 522 g/mol. The Hall–Kier alpha value is -2.39. The minimum Gasteiger partial charge on any atom is -0.352 e. The number of benzene rings is 2. The van der Waals surface area contributed by atoms with Gasteiger partial charge in [0.1, 0.15) is 6.04 Å². The minimum atomic E-state index is -0.615. The van der Waals surface area contributed by atoms with Gasteiger partial charge in [-0.3, -0.25) is 19.7 Å². The predicted octanol–water partition coefficient (Wildman–Crippen LogP) is 4.92. The number of hydrogen-bond donors (Lipinski definition) is 1. The third-order valence-corrected chi connectivity index (χ3v) is 6.53. The van der Waals surface area contributed by atoms with Crippen LogP contribution in [0.25, 0.3) is 0 Å². The summed E-state index contributed by atoms with van der Waals surface area (Å²) >= 11 is 4.87. The Morgan fingerprint density at radius 1 is 1.16 bits per heavy atom. The van der Waals surface area contributed by atoms with Crippen molar-refractivity contribution in [2.75, 3.05) is 5.75 Å². The molecule has 0 aliphatic carbocycles. The Kier molecular flexibility index (Phi) is 10.2. The number of hydrogen-bond acceptors (Lipinski definition) is 5. The molecule has 0 saturated heterocycles. The van der Waals surface area contributed by atoms with Gasteiger partial charge in [0.25, 0.3) is 5.69 Å². The molecule has 0 aromatic heterocycles. The largest absolute Gasteiger partial charge is 0.352 e. The molecule has 7 nitrogen and oxygen atoms in total. The monoisotopic (exact) mass is 521 g/mol. The highest BCUT2D eigenvalue weighted by Crippen LogP contribution is 2.19. The van der Waals surface area contributed by atoms with Crippen LogP contribution in [-0.4, -0.2) is 39.5 Å². The first kappa shape index (κ1) is 25.9. The van der Waals surface area contributed by atoms with Gasteiger partial charge in [0.05, 0.1) is 10.7 Å². The van der Waals surface area contributed by atoms with Gasteiger partial charge in [-0.05, 0) is 43.5 Å². The first-order valence-electron chi connectivity index (χ1n) is 10.4. The lowest BCUT2D eigenvalue weighted by molar-refractivity contribution is -0.384. The Morgan fingerprint density at radius 2 is 1.84 bits per heavy atom. The van der Waals surface area contributed by atoms with Crippen LogP contribution in [0, 0.1) is 10.1 Å². The number of carbonyl (C=O) groups is 2. The van der Waals surface area contributed by atoms with E-state index in [4.69, 9.17) is 0 Å². The Morgan fingerprint density at radius 3 is 2.44 bits per heavy atom. The predicted molar refractivity (Wildman–Crippen MR) is 131 cm³/mol. The van der Waals surface area contributed by atoms with Crippen LogP contribution >= 0.6 is 27.7 Å². The SMILES string of the molecule is CCC(C)NC(=O)C(C)N(Cc1cccc(Br)c1)C(=O)CSCc1ccc([N+](=O)[O-])cc1. The zero-order chi connectivity index (χ0) is 23.7. The molecular weight excluding hydrogens is 494 g/mol. The molecule has 0 bridgehead atoms. The summed E-state index contributed by atoms with van der Waals surface area (Å²) in [4.78, 5) is 37.8. The minimum absolute atomic E-state index is 0.0317. The zero-order valence-corrected chi connectivity index (χ0v) is 20.8. The molecule has 2 unspecified atom stereocenters. The summed E-state index contributed by atoms with van der Waals surface area (Å²) in [7, 11) is 0. The molecule has 2 rings (SSSR count). The number of non-ortho nitro benzene ring substituents is 1. The van der Waals surface area contributed by atoms with Crippen molar-refractivity contribution in [1.29, 1.82) is 0 Å². The molecule has 1 N–H and O–H groups in total. The number of halogens is 1. The number of carbonyl (C=O) groups excluding carboxylic acids is 2. The molecule has 2 amide bonds. The van der Waals surface area contributed by atoms with Crippen molar-refractivity contribution in [3.05, 3.63) is 74.2 Å². The van der Waals surface area contributed by atoms with E-state index in [0.717, 1.165) is 22.0 Å². The number of amides is 2. The van der Waals surface area contributed by atoms with Crippen LogP contribution in [0.1, 0.15) is 38.3 Å². The van der Waals surface area contributed by atoms with Gasteiger partial charge >= 0.3 is 0 Å².